The first kappa shape index (κ1) is 14.8. The van der Waals surface area contributed by atoms with E-state index >= 15 is 0 Å². The fraction of sp³-hybridized carbons (Fsp3) is 0.200. The van der Waals surface area contributed by atoms with Gasteiger partial charge in [-0.25, -0.2) is 8.78 Å². The van der Waals surface area contributed by atoms with E-state index in [2.05, 4.69) is 5.32 Å². The predicted octanol–water partition coefficient (Wildman–Crippen LogP) is 3.94. The Morgan fingerprint density at radius 3 is 2.45 bits per heavy atom. The molecule has 0 amide bonds. The van der Waals surface area contributed by atoms with Gasteiger partial charge in [0.1, 0.15) is 17.4 Å². The van der Waals surface area contributed by atoms with Crippen molar-refractivity contribution < 1.29 is 13.5 Å². The van der Waals surface area contributed by atoms with E-state index in [0.717, 1.165) is 0 Å². The molecule has 0 fully saturated rings. The first-order valence-electron chi connectivity index (χ1n) is 6.02. The summed E-state index contributed by atoms with van der Waals surface area (Å²) in [4.78, 5) is 0. The second kappa shape index (κ2) is 6.20. The molecule has 1 atom stereocenters. The zero-order valence-electron chi connectivity index (χ0n) is 11.1. The zero-order chi connectivity index (χ0) is 14.7. The Balaban J connectivity index is 2.54. The van der Waals surface area contributed by atoms with Gasteiger partial charge in [-0.1, -0.05) is 17.7 Å². The van der Waals surface area contributed by atoms with Crippen molar-refractivity contribution in [2.75, 3.05) is 14.2 Å². The van der Waals surface area contributed by atoms with E-state index in [1.54, 1.807) is 19.2 Å². The molecular weight excluding hydrogens is 284 g/mol. The Labute approximate surface area is 121 Å². The SMILES string of the molecule is CNC(c1ccc(Cl)cc1F)c1cc(F)ccc1OC. The molecule has 2 nitrogen and oxygen atoms in total. The second-order valence-corrected chi connectivity index (χ2v) is 4.71. The maximum Gasteiger partial charge on any atom is 0.129 e. The number of hydrogen-bond acceptors (Lipinski definition) is 2. The van der Waals surface area contributed by atoms with Crippen LogP contribution in [0.3, 0.4) is 0 Å². The number of ether oxygens (including phenoxy) is 1. The monoisotopic (exact) mass is 297 g/mol. The zero-order valence-corrected chi connectivity index (χ0v) is 11.8. The van der Waals surface area contributed by atoms with Crippen molar-refractivity contribution in [3.63, 3.8) is 0 Å². The summed E-state index contributed by atoms with van der Waals surface area (Å²) in [6, 6.07) is 8.01. The third-order valence-electron chi connectivity index (χ3n) is 3.06. The summed E-state index contributed by atoms with van der Waals surface area (Å²) in [5.74, 6) is -0.376. The highest BCUT2D eigenvalue weighted by molar-refractivity contribution is 6.30. The van der Waals surface area contributed by atoms with Crippen LogP contribution in [0.25, 0.3) is 0 Å². The molecule has 2 aromatic carbocycles. The van der Waals surface area contributed by atoms with Gasteiger partial charge in [0.15, 0.2) is 0 Å². The highest BCUT2D eigenvalue weighted by Gasteiger charge is 2.20. The van der Waals surface area contributed by atoms with Crippen LogP contribution in [0.2, 0.25) is 5.02 Å². The van der Waals surface area contributed by atoms with Gasteiger partial charge in [0, 0.05) is 16.1 Å². The summed E-state index contributed by atoms with van der Waals surface area (Å²) in [7, 11) is 3.16. The molecular formula is C15H14ClF2NO. The number of methoxy groups -OCH3 is 1. The molecule has 1 unspecified atom stereocenters. The summed E-state index contributed by atoms with van der Waals surface area (Å²) < 4.78 is 32.7. The Kier molecular flexibility index (Phi) is 4.57. The molecule has 0 bridgehead atoms. The molecule has 5 heteroatoms. The Morgan fingerprint density at radius 1 is 1.10 bits per heavy atom. The normalized spacial score (nSPS) is 12.2. The maximum absolute atomic E-state index is 14.1. The van der Waals surface area contributed by atoms with Crippen LogP contribution in [0.5, 0.6) is 5.75 Å². The molecule has 0 heterocycles. The molecule has 0 spiro atoms. The summed E-state index contributed by atoms with van der Waals surface area (Å²) >= 11 is 5.75. The quantitative estimate of drug-likeness (QED) is 0.923. The van der Waals surface area contributed by atoms with E-state index in [1.807, 2.05) is 0 Å². The summed E-state index contributed by atoms with van der Waals surface area (Å²) in [5, 5.41) is 3.28. The van der Waals surface area contributed by atoms with E-state index in [1.165, 1.54) is 31.4 Å². The Bertz CT molecular complexity index is 619. The van der Waals surface area contributed by atoms with E-state index < -0.39 is 17.7 Å². The van der Waals surface area contributed by atoms with Crippen LogP contribution in [0.4, 0.5) is 8.78 Å². The maximum atomic E-state index is 14.1. The van der Waals surface area contributed by atoms with Gasteiger partial charge in [0.05, 0.1) is 13.2 Å². The highest BCUT2D eigenvalue weighted by atomic mass is 35.5. The van der Waals surface area contributed by atoms with Crippen LogP contribution in [-0.4, -0.2) is 14.2 Å². The summed E-state index contributed by atoms with van der Waals surface area (Å²) in [6.07, 6.45) is 0. The van der Waals surface area contributed by atoms with Gasteiger partial charge < -0.3 is 10.1 Å². The lowest BCUT2D eigenvalue weighted by Gasteiger charge is -2.20. The van der Waals surface area contributed by atoms with E-state index in [0.29, 0.717) is 21.9 Å². The fourth-order valence-corrected chi connectivity index (χ4v) is 2.30. The fourth-order valence-electron chi connectivity index (χ4n) is 2.14. The molecule has 0 aliphatic heterocycles. The van der Waals surface area contributed by atoms with Crippen molar-refractivity contribution >= 4 is 11.6 Å². The standard InChI is InChI=1S/C15H14ClF2NO/c1-19-15(11-5-3-9(16)7-13(11)18)12-8-10(17)4-6-14(12)20-2/h3-8,15,19H,1-2H3. The average Bonchev–Trinajstić information content (AvgIpc) is 2.42. The van der Waals surface area contributed by atoms with Crippen molar-refractivity contribution in [2.24, 2.45) is 0 Å². The van der Waals surface area contributed by atoms with Gasteiger partial charge in [-0.3, -0.25) is 0 Å². The lowest BCUT2D eigenvalue weighted by Crippen LogP contribution is -2.20. The van der Waals surface area contributed by atoms with Crippen LogP contribution in [0, 0.1) is 11.6 Å². The van der Waals surface area contributed by atoms with Crippen LogP contribution >= 0.6 is 11.6 Å². The molecule has 0 aliphatic carbocycles. The number of rotatable bonds is 4. The topological polar surface area (TPSA) is 21.3 Å². The van der Waals surface area contributed by atoms with Crippen LogP contribution in [0.15, 0.2) is 36.4 Å². The first-order valence-corrected chi connectivity index (χ1v) is 6.40. The molecule has 0 saturated carbocycles. The third kappa shape index (κ3) is 2.92. The molecule has 0 radical (unpaired) electrons. The summed E-state index contributed by atoms with van der Waals surface area (Å²) in [5.41, 5.74) is 0.900. The van der Waals surface area contributed by atoms with Crippen molar-refractivity contribution in [3.8, 4) is 5.75 Å². The predicted molar refractivity (Wildman–Crippen MR) is 75.3 cm³/mol. The van der Waals surface area contributed by atoms with Gasteiger partial charge in [0.25, 0.3) is 0 Å². The Morgan fingerprint density at radius 2 is 1.85 bits per heavy atom. The smallest absolute Gasteiger partial charge is 0.129 e. The van der Waals surface area contributed by atoms with E-state index in [-0.39, 0.29) is 0 Å². The first-order chi connectivity index (χ1) is 9.56. The van der Waals surface area contributed by atoms with Gasteiger partial charge in [0.2, 0.25) is 0 Å². The molecule has 106 valence electrons. The van der Waals surface area contributed by atoms with Crippen molar-refractivity contribution in [1.29, 1.82) is 0 Å². The lowest BCUT2D eigenvalue weighted by molar-refractivity contribution is 0.403. The number of benzene rings is 2. The van der Waals surface area contributed by atoms with Crippen molar-refractivity contribution in [1.82, 2.24) is 5.32 Å². The number of nitrogens with one attached hydrogen (secondary N) is 1. The second-order valence-electron chi connectivity index (χ2n) is 4.27. The highest BCUT2D eigenvalue weighted by Crippen LogP contribution is 2.32. The largest absolute Gasteiger partial charge is 0.496 e. The molecule has 0 aliphatic rings. The molecule has 2 aromatic rings. The van der Waals surface area contributed by atoms with Gasteiger partial charge in [-0.2, -0.15) is 0 Å². The third-order valence-corrected chi connectivity index (χ3v) is 3.30. The molecule has 20 heavy (non-hydrogen) atoms. The lowest BCUT2D eigenvalue weighted by atomic mass is 9.97. The minimum Gasteiger partial charge on any atom is -0.496 e. The van der Waals surface area contributed by atoms with Gasteiger partial charge in [-0.15, -0.1) is 0 Å². The van der Waals surface area contributed by atoms with Crippen LogP contribution in [-0.2, 0) is 0 Å². The van der Waals surface area contributed by atoms with Crippen molar-refractivity contribution in [3.05, 3.63) is 64.2 Å². The Hall–Kier alpha value is -1.65. The molecule has 0 aromatic heterocycles. The van der Waals surface area contributed by atoms with Gasteiger partial charge >= 0.3 is 0 Å². The minimum atomic E-state index is -0.530. The van der Waals surface area contributed by atoms with Crippen LogP contribution in [0.1, 0.15) is 17.2 Å². The van der Waals surface area contributed by atoms with E-state index in [4.69, 9.17) is 16.3 Å². The molecule has 1 N–H and O–H groups in total. The van der Waals surface area contributed by atoms with Crippen molar-refractivity contribution in [2.45, 2.75) is 6.04 Å². The number of halogens is 3. The van der Waals surface area contributed by atoms with E-state index in [9.17, 15) is 8.78 Å². The average molecular weight is 298 g/mol. The van der Waals surface area contributed by atoms with Gasteiger partial charge in [-0.05, 0) is 37.4 Å². The molecule has 2 rings (SSSR count). The minimum absolute atomic E-state index is 0.312. The van der Waals surface area contributed by atoms with Crippen LogP contribution < -0.4 is 10.1 Å². The molecule has 0 saturated heterocycles. The number of hydrogen-bond donors (Lipinski definition) is 1. The summed E-state index contributed by atoms with van der Waals surface area (Å²) in [6.45, 7) is 0.